The van der Waals surface area contributed by atoms with Crippen molar-refractivity contribution in [1.29, 1.82) is 0 Å². The maximum Gasteiger partial charge on any atom is 0.317 e. The van der Waals surface area contributed by atoms with Crippen molar-refractivity contribution in [3.8, 4) is 0 Å². The Labute approximate surface area is 128 Å². The first-order chi connectivity index (χ1) is 9.97. The van der Waals surface area contributed by atoms with Crippen molar-refractivity contribution in [3.63, 3.8) is 0 Å². The number of rotatable bonds is 6. The average Bonchev–Trinajstić information content (AvgIpc) is 3.09. The summed E-state index contributed by atoms with van der Waals surface area (Å²) in [5.41, 5.74) is 3.51. The molecule has 2 aromatic rings. The quantitative estimate of drug-likeness (QED) is 0.891. The van der Waals surface area contributed by atoms with Crippen molar-refractivity contribution in [2.45, 2.75) is 52.1 Å². The fraction of sp³-hybridized carbons (Fsp3) is 0.600. The summed E-state index contributed by atoms with van der Waals surface area (Å²) in [6, 6.07) is 0.189. The molecule has 5 nitrogen and oxygen atoms in total. The van der Waals surface area contributed by atoms with Crippen molar-refractivity contribution >= 4 is 22.3 Å². The maximum absolute atomic E-state index is 11.1. The van der Waals surface area contributed by atoms with Gasteiger partial charge in [0.25, 0.3) is 0 Å². The molecule has 0 amide bonds. The fourth-order valence-electron chi connectivity index (χ4n) is 2.68. The number of hydrogen-bond acceptors (Lipinski definition) is 4. The molecule has 1 aliphatic rings. The number of nitrogens with zero attached hydrogens (tertiary/aromatic N) is 3. The smallest absolute Gasteiger partial charge is 0.317 e. The second-order valence-corrected chi connectivity index (χ2v) is 6.93. The molecular weight excluding hydrogens is 286 g/mol. The zero-order chi connectivity index (χ0) is 15.1. The summed E-state index contributed by atoms with van der Waals surface area (Å²) in [7, 11) is 0. The topological polar surface area (TPSA) is 57.8 Å². The highest BCUT2D eigenvalue weighted by molar-refractivity contribution is 7.15. The summed E-state index contributed by atoms with van der Waals surface area (Å²) >= 11 is 1.68. The standard InChI is InChI=1S/C15H21N3O2S/c1-9(2)17(7-14(19)20)6-12-10(3)16-15-18(12)13(8-21-15)11-4-5-11/h8-9,11H,4-7H2,1-3H3,(H,19,20). The number of carboxylic acids is 1. The van der Waals surface area contributed by atoms with Gasteiger partial charge in [-0.25, -0.2) is 4.98 Å². The first-order valence-electron chi connectivity index (χ1n) is 7.38. The van der Waals surface area contributed by atoms with Gasteiger partial charge in [0.2, 0.25) is 0 Å². The Morgan fingerprint density at radius 3 is 2.86 bits per heavy atom. The molecule has 1 saturated carbocycles. The number of hydrogen-bond donors (Lipinski definition) is 1. The average molecular weight is 307 g/mol. The summed E-state index contributed by atoms with van der Waals surface area (Å²) in [6.07, 6.45) is 2.51. The molecule has 1 fully saturated rings. The van der Waals surface area contributed by atoms with E-state index in [1.165, 1.54) is 18.5 Å². The van der Waals surface area contributed by atoms with Gasteiger partial charge in [-0.2, -0.15) is 0 Å². The minimum absolute atomic E-state index is 0.0627. The lowest BCUT2D eigenvalue weighted by Gasteiger charge is -2.24. The molecule has 0 radical (unpaired) electrons. The number of aryl methyl sites for hydroxylation is 1. The van der Waals surface area contributed by atoms with E-state index in [0.29, 0.717) is 12.5 Å². The lowest BCUT2D eigenvalue weighted by molar-refractivity contribution is -0.139. The number of thiazole rings is 1. The molecular formula is C15H21N3O2S. The van der Waals surface area contributed by atoms with Crippen LogP contribution >= 0.6 is 11.3 Å². The van der Waals surface area contributed by atoms with Gasteiger partial charge in [-0.1, -0.05) is 0 Å². The van der Waals surface area contributed by atoms with Crippen molar-refractivity contribution in [2.24, 2.45) is 0 Å². The molecule has 0 spiro atoms. The van der Waals surface area contributed by atoms with Gasteiger partial charge in [0, 0.05) is 29.6 Å². The monoisotopic (exact) mass is 307 g/mol. The van der Waals surface area contributed by atoms with E-state index < -0.39 is 5.97 Å². The largest absolute Gasteiger partial charge is 0.480 e. The van der Waals surface area contributed by atoms with Gasteiger partial charge in [-0.05, 0) is 33.6 Å². The highest BCUT2D eigenvalue weighted by Crippen LogP contribution is 2.42. The van der Waals surface area contributed by atoms with Crippen LogP contribution in [-0.2, 0) is 11.3 Å². The second kappa shape index (κ2) is 5.42. The molecule has 3 rings (SSSR count). The van der Waals surface area contributed by atoms with Crippen LogP contribution < -0.4 is 0 Å². The summed E-state index contributed by atoms with van der Waals surface area (Å²) in [5.74, 6) is -0.118. The molecule has 0 saturated heterocycles. The van der Waals surface area contributed by atoms with E-state index >= 15 is 0 Å². The Hall–Kier alpha value is -1.40. The molecule has 114 valence electrons. The SMILES string of the molecule is Cc1nc2scc(C3CC3)n2c1CN(CC(=O)O)C(C)C. The van der Waals surface area contributed by atoms with Gasteiger partial charge in [0.05, 0.1) is 17.9 Å². The molecule has 0 aliphatic heterocycles. The second-order valence-electron chi connectivity index (χ2n) is 6.09. The third-order valence-electron chi connectivity index (χ3n) is 4.10. The van der Waals surface area contributed by atoms with E-state index in [9.17, 15) is 4.79 Å². The highest BCUT2D eigenvalue weighted by atomic mass is 32.1. The molecule has 0 bridgehead atoms. The molecule has 6 heteroatoms. The van der Waals surface area contributed by atoms with E-state index in [0.717, 1.165) is 16.3 Å². The Morgan fingerprint density at radius 2 is 2.29 bits per heavy atom. The predicted octanol–water partition coefficient (Wildman–Crippen LogP) is 2.88. The Morgan fingerprint density at radius 1 is 1.57 bits per heavy atom. The minimum Gasteiger partial charge on any atom is -0.480 e. The van der Waals surface area contributed by atoms with Crippen LogP contribution in [0, 0.1) is 6.92 Å². The van der Waals surface area contributed by atoms with Crippen LogP contribution in [0.15, 0.2) is 5.38 Å². The number of aliphatic carboxylic acids is 1. The summed E-state index contributed by atoms with van der Waals surface area (Å²) in [5, 5.41) is 11.3. The molecule has 1 N–H and O–H groups in total. The van der Waals surface area contributed by atoms with Gasteiger partial charge >= 0.3 is 5.97 Å². The van der Waals surface area contributed by atoms with Gasteiger partial charge in [-0.15, -0.1) is 11.3 Å². The summed E-state index contributed by atoms with van der Waals surface area (Å²) in [6.45, 7) is 6.78. The van der Waals surface area contributed by atoms with Gasteiger partial charge < -0.3 is 5.11 Å². The van der Waals surface area contributed by atoms with E-state index in [1.807, 2.05) is 25.7 Å². The van der Waals surface area contributed by atoms with Gasteiger partial charge in [0.15, 0.2) is 4.96 Å². The number of carboxylic acid groups (broad SMARTS) is 1. The summed E-state index contributed by atoms with van der Waals surface area (Å²) in [4.78, 5) is 18.7. The third kappa shape index (κ3) is 2.82. The fourth-order valence-corrected chi connectivity index (χ4v) is 3.71. The molecule has 1 aliphatic carbocycles. The predicted molar refractivity (Wildman–Crippen MR) is 83.0 cm³/mol. The van der Waals surface area contributed by atoms with Crippen molar-refractivity contribution < 1.29 is 9.90 Å². The molecule has 0 aromatic carbocycles. The lowest BCUT2D eigenvalue weighted by atomic mass is 10.2. The summed E-state index contributed by atoms with van der Waals surface area (Å²) < 4.78 is 2.26. The van der Waals surface area contributed by atoms with Crippen LogP contribution in [0.1, 0.15) is 49.7 Å². The molecule has 0 unspecified atom stereocenters. The number of aromatic nitrogens is 2. The number of fused-ring (bicyclic) bond motifs is 1. The first kappa shape index (κ1) is 14.5. The maximum atomic E-state index is 11.1. The van der Waals surface area contributed by atoms with E-state index in [-0.39, 0.29) is 12.6 Å². The van der Waals surface area contributed by atoms with Crippen LogP contribution in [0.4, 0.5) is 0 Å². The Bertz CT molecular complexity index is 670. The zero-order valence-corrected chi connectivity index (χ0v) is 13.5. The molecule has 2 aromatic heterocycles. The normalized spacial score (nSPS) is 15.5. The number of carbonyl (C=O) groups is 1. The lowest BCUT2D eigenvalue weighted by Crippen LogP contribution is -2.35. The third-order valence-corrected chi connectivity index (χ3v) is 4.95. The van der Waals surface area contributed by atoms with Crippen molar-refractivity contribution in [2.75, 3.05) is 6.54 Å². The van der Waals surface area contributed by atoms with Gasteiger partial charge in [-0.3, -0.25) is 14.1 Å². The zero-order valence-electron chi connectivity index (χ0n) is 12.7. The first-order valence-corrected chi connectivity index (χ1v) is 8.26. The molecule has 2 heterocycles. The van der Waals surface area contributed by atoms with E-state index in [1.54, 1.807) is 11.3 Å². The van der Waals surface area contributed by atoms with E-state index in [4.69, 9.17) is 5.11 Å². The van der Waals surface area contributed by atoms with Crippen LogP contribution in [-0.4, -0.2) is 37.9 Å². The Kier molecular flexibility index (Phi) is 3.75. The van der Waals surface area contributed by atoms with Crippen molar-refractivity contribution in [1.82, 2.24) is 14.3 Å². The van der Waals surface area contributed by atoms with Crippen LogP contribution in [0.3, 0.4) is 0 Å². The van der Waals surface area contributed by atoms with Gasteiger partial charge in [0.1, 0.15) is 0 Å². The minimum atomic E-state index is -0.783. The highest BCUT2D eigenvalue weighted by Gasteiger charge is 2.29. The Balaban J connectivity index is 1.96. The molecule has 21 heavy (non-hydrogen) atoms. The van der Waals surface area contributed by atoms with Crippen LogP contribution in [0.25, 0.3) is 4.96 Å². The van der Waals surface area contributed by atoms with Crippen LogP contribution in [0.2, 0.25) is 0 Å². The van der Waals surface area contributed by atoms with E-state index in [2.05, 4.69) is 14.8 Å². The molecule has 0 atom stereocenters. The van der Waals surface area contributed by atoms with Crippen LogP contribution in [0.5, 0.6) is 0 Å². The van der Waals surface area contributed by atoms with Crippen molar-refractivity contribution in [3.05, 3.63) is 22.5 Å². The number of imidazole rings is 1.